The van der Waals surface area contributed by atoms with Crippen LogP contribution in [-0.4, -0.2) is 23.9 Å². The van der Waals surface area contributed by atoms with Gasteiger partial charge in [0.2, 0.25) is 0 Å². The molecule has 1 aliphatic rings. The van der Waals surface area contributed by atoms with E-state index in [-0.39, 0.29) is 6.17 Å². The predicted octanol–water partition coefficient (Wildman–Crippen LogP) is 2.35. The summed E-state index contributed by atoms with van der Waals surface area (Å²) in [6.07, 6.45) is -0.238. The molecular formula is C16H18N4. The molecule has 0 aromatic heterocycles. The number of hydrazine groups is 1. The van der Waals surface area contributed by atoms with Crippen molar-refractivity contribution in [2.75, 3.05) is 12.2 Å². The molecule has 4 nitrogen and oxygen atoms in total. The summed E-state index contributed by atoms with van der Waals surface area (Å²) < 4.78 is 0. The lowest BCUT2D eigenvalue weighted by Crippen LogP contribution is -2.46. The van der Waals surface area contributed by atoms with Crippen molar-refractivity contribution < 1.29 is 0 Å². The molecule has 1 aliphatic heterocycles. The van der Waals surface area contributed by atoms with Crippen LogP contribution in [0.3, 0.4) is 0 Å². The molecule has 0 radical (unpaired) electrons. The third-order valence-electron chi connectivity index (χ3n) is 3.52. The number of hydrogen-bond acceptors (Lipinski definition) is 4. The second kappa shape index (κ2) is 5.07. The van der Waals surface area contributed by atoms with Gasteiger partial charge in [-0.3, -0.25) is 0 Å². The number of hydrogen-bond donors (Lipinski definition) is 1. The molecule has 0 saturated carbocycles. The van der Waals surface area contributed by atoms with Crippen LogP contribution < -0.4 is 10.9 Å². The number of benzene rings is 2. The van der Waals surface area contributed by atoms with Gasteiger partial charge in [-0.2, -0.15) is 15.2 Å². The van der Waals surface area contributed by atoms with Crippen molar-refractivity contribution in [3.63, 3.8) is 0 Å². The molecular weight excluding hydrogens is 248 g/mol. The van der Waals surface area contributed by atoms with Crippen LogP contribution in [-0.2, 0) is 0 Å². The fourth-order valence-electron chi connectivity index (χ4n) is 2.28. The Morgan fingerprint density at radius 2 is 1.65 bits per heavy atom. The van der Waals surface area contributed by atoms with Crippen molar-refractivity contribution >= 4 is 11.4 Å². The average molecular weight is 266 g/mol. The molecule has 2 N–H and O–H groups in total. The first-order valence-corrected chi connectivity index (χ1v) is 6.66. The van der Waals surface area contributed by atoms with E-state index in [1.54, 1.807) is 0 Å². The van der Waals surface area contributed by atoms with E-state index in [1.165, 1.54) is 5.56 Å². The van der Waals surface area contributed by atoms with Gasteiger partial charge < -0.3 is 5.73 Å². The minimum absolute atomic E-state index is 0.238. The molecule has 20 heavy (non-hydrogen) atoms. The Kier molecular flexibility index (Phi) is 3.26. The normalized spacial score (nSPS) is 19.2. The summed E-state index contributed by atoms with van der Waals surface area (Å²) in [5.74, 6) is 0. The summed E-state index contributed by atoms with van der Waals surface area (Å²) >= 11 is 0. The number of nitrogens with two attached hydrogens (primary N) is 1. The van der Waals surface area contributed by atoms with Crippen LogP contribution in [0.25, 0.3) is 0 Å². The molecule has 2 aromatic carbocycles. The van der Waals surface area contributed by atoms with Gasteiger partial charge in [-0.15, -0.1) is 0 Å². The first-order chi connectivity index (χ1) is 9.66. The predicted molar refractivity (Wildman–Crippen MR) is 82.4 cm³/mol. The largest absolute Gasteiger partial charge is 0.309 e. The monoisotopic (exact) mass is 266 g/mol. The Labute approximate surface area is 119 Å². The van der Waals surface area contributed by atoms with Gasteiger partial charge in [0.25, 0.3) is 0 Å². The standard InChI is InChI=1S/C16H18N4/c1-12-8-10-13(11-9-12)15-16(17)19(2)20(18-15)14-6-4-3-5-7-14/h3-11,16H,17H2,1-2H3/t16-/m1/s1. The van der Waals surface area contributed by atoms with Gasteiger partial charge in [0.05, 0.1) is 5.69 Å². The average Bonchev–Trinajstić information content (AvgIpc) is 2.77. The number of nitrogens with zero attached hydrogens (tertiary/aromatic N) is 3. The lowest BCUT2D eigenvalue weighted by atomic mass is 10.1. The van der Waals surface area contributed by atoms with Gasteiger partial charge in [-0.05, 0) is 19.1 Å². The molecule has 1 heterocycles. The molecule has 102 valence electrons. The van der Waals surface area contributed by atoms with E-state index in [0.717, 1.165) is 17.0 Å². The Hall–Kier alpha value is -2.17. The van der Waals surface area contributed by atoms with Crippen LogP contribution in [0.4, 0.5) is 5.69 Å². The Balaban J connectivity index is 1.97. The van der Waals surface area contributed by atoms with Crippen molar-refractivity contribution in [1.29, 1.82) is 0 Å². The van der Waals surface area contributed by atoms with E-state index >= 15 is 0 Å². The van der Waals surface area contributed by atoms with E-state index in [4.69, 9.17) is 5.73 Å². The van der Waals surface area contributed by atoms with Crippen molar-refractivity contribution in [2.45, 2.75) is 13.1 Å². The van der Waals surface area contributed by atoms with E-state index < -0.39 is 0 Å². The number of anilines is 1. The molecule has 0 bridgehead atoms. The second-order valence-electron chi connectivity index (χ2n) is 4.99. The van der Waals surface area contributed by atoms with Gasteiger partial charge in [0.1, 0.15) is 11.9 Å². The number of likely N-dealkylation sites (N-methyl/N-ethyl adjacent to an activating group) is 1. The van der Waals surface area contributed by atoms with Gasteiger partial charge in [0, 0.05) is 12.6 Å². The molecule has 0 unspecified atom stereocenters. The first-order valence-electron chi connectivity index (χ1n) is 6.66. The minimum atomic E-state index is -0.238. The van der Waals surface area contributed by atoms with Crippen LogP contribution >= 0.6 is 0 Å². The van der Waals surface area contributed by atoms with E-state index in [1.807, 2.05) is 47.5 Å². The highest BCUT2D eigenvalue weighted by Gasteiger charge is 2.30. The number of para-hydroxylation sites is 1. The summed E-state index contributed by atoms with van der Waals surface area (Å²) in [6, 6.07) is 18.3. The first kappa shape index (κ1) is 12.8. The van der Waals surface area contributed by atoms with E-state index in [9.17, 15) is 0 Å². The van der Waals surface area contributed by atoms with Crippen LogP contribution in [0, 0.1) is 6.92 Å². The highest BCUT2D eigenvalue weighted by atomic mass is 15.8. The third-order valence-corrected chi connectivity index (χ3v) is 3.52. The van der Waals surface area contributed by atoms with Crippen molar-refractivity contribution in [1.82, 2.24) is 5.01 Å². The quantitative estimate of drug-likeness (QED) is 0.907. The molecule has 0 fully saturated rings. The molecule has 3 rings (SSSR count). The van der Waals surface area contributed by atoms with Gasteiger partial charge in [-0.25, -0.2) is 0 Å². The number of rotatable bonds is 2. The van der Waals surface area contributed by atoms with Crippen LogP contribution in [0.5, 0.6) is 0 Å². The van der Waals surface area contributed by atoms with Crippen LogP contribution in [0.15, 0.2) is 59.7 Å². The molecule has 2 aromatic rings. The molecule has 1 atom stereocenters. The zero-order valence-corrected chi connectivity index (χ0v) is 11.7. The lowest BCUT2D eigenvalue weighted by Gasteiger charge is -2.25. The molecule has 0 amide bonds. The lowest BCUT2D eigenvalue weighted by molar-refractivity contribution is 0.304. The third kappa shape index (κ3) is 2.19. The topological polar surface area (TPSA) is 44.9 Å². The molecule has 4 heteroatoms. The second-order valence-corrected chi connectivity index (χ2v) is 4.99. The van der Waals surface area contributed by atoms with Crippen LogP contribution in [0.1, 0.15) is 11.1 Å². The fourth-order valence-corrected chi connectivity index (χ4v) is 2.28. The zero-order chi connectivity index (χ0) is 14.1. The van der Waals surface area contributed by atoms with Crippen molar-refractivity contribution in [3.8, 4) is 0 Å². The fraction of sp³-hybridized carbons (Fsp3) is 0.188. The van der Waals surface area contributed by atoms with Crippen LogP contribution in [0.2, 0.25) is 0 Å². The summed E-state index contributed by atoms with van der Waals surface area (Å²) in [5, 5.41) is 8.45. The number of hydrazone groups is 1. The Bertz CT molecular complexity index is 619. The summed E-state index contributed by atoms with van der Waals surface area (Å²) in [7, 11) is 1.95. The maximum atomic E-state index is 6.27. The highest BCUT2D eigenvalue weighted by molar-refractivity contribution is 6.05. The summed E-state index contributed by atoms with van der Waals surface area (Å²) in [5.41, 5.74) is 10.5. The van der Waals surface area contributed by atoms with Crippen molar-refractivity contribution in [2.24, 2.45) is 10.8 Å². The summed E-state index contributed by atoms with van der Waals surface area (Å²) in [6.45, 7) is 2.07. The smallest absolute Gasteiger partial charge is 0.123 e. The molecule has 0 saturated heterocycles. The maximum absolute atomic E-state index is 6.27. The zero-order valence-electron chi connectivity index (χ0n) is 11.7. The summed E-state index contributed by atoms with van der Waals surface area (Å²) in [4.78, 5) is 0. The van der Waals surface area contributed by atoms with Gasteiger partial charge in [-0.1, -0.05) is 48.0 Å². The number of aryl methyl sites for hydroxylation is 1. The van der Waals surface area contributed by atoms with E-state index in [2.05, 4.69) is 36.3 Å². The Morgan fingerprint density at radius 1 is 1.00 bits per heavy atom. The van der Waals surface area contributed by atoms with Crippen molar-refractivity contribution in [3.05, 3.63) is 65.7 Å². The Morgan fingerprint density at radius 3 is 2.30 bits per heavy atom. The minimum Gasteiger partial charge on any atom is -0.309 e. The van der Waals surface area contributed by atoms with E-state index in [0.29, 0.717) is 0 Å². The molecule has 0 spiro atoms. The molecule has 0 aliphatic carbocycles. The maximum Gasteiger partial charge on any atom is 0.123 e. The SMILES string of the molecule is Cc1ccc(C2=NN(c3ccccc3)N(C)[C@H]2N)cc1. The van der Waals surface area contributed by atoms with Gasteiger partial charge in [0.15, 0.2) is 0 Å². The highest BCUT2D eigenvalue weighted by Crippen LogP contribution is 2.23. The van der Waals surface area contributed by atoms with Gasteiger partial charge >= 0.3 is 0 Å².